The second kappa shape index (κ2) is 8.48. The molecule has 0 spiro atoms. The molecule has 144 valence electrons. The molecule has 0 saturated carbocycles. The topological polar surface area (TPSA) is 69.0 Å². The molecule has 2 aromatic carbocycles. The number of carbonyl (C=O) groups excluding carboxylic acids is 1. The van der Waals surface area contributed by atoms with Crippen molar-refractivity contribution in [3.8, 4) is 16.9 Å². The average molecular weight is 395 g/mol. The maximum absolute atomic E-state index is 12.0. The summed E-state index contributed by atoms with van der Waals surface area (Å²) in [5, 5.41) is 6.95. The van der Waals surface area contributed by atoms with Crippen LogP contribution in [0, 0.1) is 0 Å². The van der Waals surface area contributed by atoms with E-state index in [2.05, 4.69) is 58.1 Å². The summed E-state index contributed by atoms with van der Waals surface area (Å²) >= 11 is 1.74. The fourth-order valence-corrected chi connectivity index (χ4v) is 3.69. The van der Waals surface area contributed by atoms with Crippen LogP contribution in [0.1, 0.15) is 12.0 Å². The summed E-state index contributed by atoms with van der Waals surface area (Å²) in [6, 6.07) is 14.9. The van der Waals surface area contributed by atoms with Crippen molar-refractivity contribution in [3.05, 3.63) is 60.7 Å². The third kappa shape index (κ3) is 4.36. The first kappa shape index (κ1) is 18.6. The van der Waals surface area contributed by atoms with Gasteiger partial charge in [0.15, 0.2) is 0 Å². The summed E-state index contributed by atoms with van der Waals surface area (Å²) in [6.07, 6.45) is 6.30. The van der Waals surface area contributed by atoms with Crippen molar-refractivity contribution in [2.24, 2.45) is 0 Å². The van der Waals surface area contributed by atoms with E-state index in [9.17, 15) is 4.79 Å². The number of aryl methyl sites for hydroxylation is 1. The van der Waals surface area contributed by atoms with Gasteiger partial charge in [0, 0.05) is 17.7 Å². The normalized spacial score (nSPS) is 15.1. The third-order valence-electron chi connectivity index (χ3n) is 4.79. The molecule has 1 aliphatic rings. The maximum Gasteiger partial charge on any atom is 0.221 e. The van der Waals surface area contributed by atoms with E-state index in [-0.39, 0.29) is 12.0 Å². The number of aromatic nitrogens is 3. The summed E-state index contributed by atoms with van der Waals surface area (Å²) in [7, 11) is 0. The Morgan fingerprint density at radius 3 is 2.82 bits per heavy atom. The number of ether oxygens (including phenoxy) is 1. The molecule has 0 saturated heterocycles. The zero-order valence-corrected chi connectivity index (χ0v) is 16.5. The Morgan fingerprint density at radius 1 is 1.25 bits per heavy atom. The predicted molar refractivity (Wildman–Crippen MR) is 109 cm³/mol. The van der Waals surface area contributed by atoms with Gasteiger partial charge in [0.1, 0.15) is 24.5 Å². The molecule has 1 atom stereocenters. The highest BCUT2D eigenvalue weighted by Crippen LogP contribution is 2.33. The zero-order valence-electron chi connectivity index (χ0n) is 15.7. The van der Waals surface area contributed by atoms with E-state index in [1.807, 2.05) is 6.07 Å². The van der Waals surface area contributed by atoms with Crippen LogP contribution in [0.3, 0.4) is 0 Å². The summed E-state index contributed by atoms with van der Waals surface area (Å²) in [5.41, 5.74) is 3.58. The number of hydrogen-bond donors (Lipinski definition) is 1. The van der Waals surface area contributed by atoms with Crippen LogP contribution in [-0.4, -0.2) is 39.6 Å². The first-order valence-corrected chi connectivity index (χ1v) is 10.5. The lowest BCUT2D eigenvalue weighted by atomic mass is 10.0. The minimum Gasteiger partial charge on any atom is -0.488 e. The maximum atomic E-state index is 12.0. The number of rotatable bonds is 7. The first-order chi connectivity index (χ1) is 13.7. The van der Waals surface area contributed by atoms with Crippen LogP contribution < -0.4 is 10.1 Å². The predicted octanol–water partition coefficient (Wildman–Crippen LogP) is 3.18. The van der Waals surface area contributed by atoms with Gasteiger partial charge < -0.3 is 10.1 Å². The van der Waals surface area contributed by atoms with E-state index in [1.165, 1.54) is 27.9 Å². The molecule has 28 heavy (non-hydrogen) atoms. The lowest BCUT2D eigenvalue weighted by Gasteiger charge is -2.11. The molecule has 4 rings (SSSR count). The van der Waals surface area contributed by atoms with E-state index in [1.54, 1.807) is 22.8 Å². The van der Waals surface area contributed by atoms with Crippen LogP contribution in [0.15, 0.2) is 60.0 Å². The third-order valence-corrected chi connectivity index (χ3v) is 5.53. The van der Waals surface area contributed by atoms with Gasteiger partial charge in [-0.05, 0) is 47.2 Å². The number of thioether (sulfide) groups is 1. The van der Waals surface area contributed by atoms with Crippen molar-refractivity contribution >= 4 is 17.7 Å². The number of hydrogen-bond acceptors (Lipinski definition) is 5. The van der Waals surface area contributed by atoms with Gasteiger partial charge in [-0.1, -0.05) is 18.2 Å². The molecule has 1 aromatic heterocycles. The van der Waals surface area contributed by atoms with Crippen LogP contribution in [0.2, 0.25) is 0 Å². The van der Waals surface area contributed by atoms with Crippen molar-refractivity contribution in [2.45, 2.75) is 30.4 Å². The fraction of sp³-hybridized carbons (Fsp3) is 0.286. The Bertz CT molecular complexity index is 942. The van der Waals surface area contributed by atoms with Gasteiger partial charge in [0.2, 0.25) is 5.91 Å². The van der Waals surface area contributed by atoms with Crippen molar-refractivity contribution in [3.63, 3.8) is 0 Å². The molecule has 6 nitrogen and oxygen atoms in total. The van der Waals surface area contributed by atoms with Gasteiger partial charge in [0.05, 0.1) is 13.1 Å². The molecule has 1 N–H and O–H groups in total. The van der Waals surface area contributed by atoms with E-state index in [0.717, 1.165) is 12.2 Å². The quantitative estimate of drug-likeness (QED) is 0.624. The molecular formula is C21H22N4O2S. The average Bonchev–Trinajstić information content (AvgIpc) is 3.39. The minimum atomic E-state index is -0.0283. The Labute approximate surface area is 168 Å². The molecule has 0 radical (unpaired) electrons. The molecule has 0 fully saturated rings. The van der Waals surface area contributed by atoms with Gasteiger partial charge >= 0.3 is 0 Å². The molecular weight excluding hydrogens is 372 g/mol. The molecule has 2 heterocycles. The smallest absolute Gasteiger partial charge is 0.221 e. The standard InChI is InChI=1S/C21H22N4O2S/c1-28-19-5-2-15(3-6-19)16-4-7-20-17(10-16)11-18(27-20)12-23-21(26)8-9-25-14-22-13-24-25/h2-7,10,13-14,18H,8-9,11-12H2,1H3,(H,23,26). The Morgan fingerprint density at radius 2 is 2.07 bits per heavy atom. The number of nitrogens with one attached hydrogen (secondary N) is 1. The van der Waals surface area contributed by atoms with E-state index >= 15 is 0 Å². The van der Waals surface area contributed by atoms with Gasteiger partial charge in [-0.3, -0.25) is 9.48 Å². The summed E-state index contributed by atoms with van der Waals surface area (Å²) in [6.45, 7) is 1.03. The van der Waals surface area contributed by atoms with Gasteiger partial charge in [-0.25, -0.2) is 4.98 Å². The van der Waals surface area contributed by atoms with Crippen LogP contribution in [0.25, 0.3) is 11.1 Å². The number of fused-ring (bicyclic) bond motifs is 1. The highest BCUT2D eigenvalue weighted by Gasteiger charge is 2.23. The summed E-state index contributed by atoms with van der Waals surface area (Å²) in [5.74, 6) is 0.899. The molecule has 0 aliphatic carbocycles. The van der Waals surface area contributed by atoms with Crippen molar-refractivity contribution in [1.82, 2.24) is 20.1 Å². The molecule has 0 bridgehead atoms. The van der Waals surface area contributed by atoms with Crippen LogP contribution in [0.4, 0.5) is 0 Å². The van der Waals surface area contributed by atoms with Crippen molar-refractivity contribution < 1.29 is 9.53 Å². The van der Waals surface area contributed by atoms with Crippen LogP contribution in [0.5, 0.6) is 5.75 Å². The number of amides is 1. The van der Waals surface area contributed by atoms with E-state index < -0.39 is 0 Å². The molecule has 1 aliphatic heterocycles. The summed E-state index contributed by atoms with van der Waals surface area (Å²) < 4.78 is 7.64. The fourth-order valence-electron chi connectivity index (χ4n) is 3.28. The van der Waals surface area contributed by atoms with Gasteiger partial charge in [-0.15, -0.1) is 11.8 Å². The Kier molecular flexibility index (Phi) is 5.62. The minimum absolute atomic E-state index is 0.00960. The van der Waals surface area contributed by atoms with Crippen molar-refractivity contribution in [2.75, 3.05) is 12.8 Å². The van der Waals surface area contributed by atoms with E-state index in [4.69, 9.17) is 4.74 Å². The molecule has 1 unspecified atom stereocenters. The Balaban J connectivity index is 1.31. The molecule has 7 heteroatoms. The summed E-state index contributed by atoms with van der Waals surface area (Å²) in [4.78, 5) is 17.2. The largest absolute Gasteiger partial charge is 0.488 e. The van der Waals surface area contributed by atoms with E-state index in [0.29, 0.717) is 19.5 Å². The SMILES string of the molecule is CSc1ccc(-c2ccc3c(c2)CC(CNC(=O)CCn2cncn2)O3)cc1. The lowest BCUT2D eigenvalue weighted by Crippen LogP contribution is -2.34. The van der Waals surface area contributed by atoms with Gasteiger partial charge in [0.25, 0.3) is 0 Å². The monoisotopic (exact) mass is 394 g/mol. The second-order valence-electron chi connectivity index (χ2n) is 6.71. The van der Waals surface area contributed by atoms with Crippen LogP contribution in [-0.2, 0) is 17.8 Å². The molecule has 3 aromatic rings. The number of benzene rings is 2. The second-order valence-corrected chi connectivity index (χ2v) is 7.59. The molecule has 1 amide bonds. The highest BCUT2D eigenvalue weighted by molar-refractivity contribution is 7.98. The van der Waals surface area contributed by atoms with Gasteiger partial charge in [-0.2, -0.15) is 5.10 Å². The first-order valence-electron chi connectivity index (χ1n) is 9.24. The highest BCUT2D eigenvalue weighted by atomic mass is 32.2. The zero-order chi connectivity index (χ0) is 19.3. The van der Waals surface area contributed by atoms with Crippen molar-refractivity contribution in [1.29, 1.82) is 0 Å². The van der Waals surface area contributed by atoms with Crippen LogP contribution >= 0.6 is 11.8 Å². The lowest BCUT2D eigenvalue weighted by molar-refractivity contribution is -0.121. The number of nitrogens with zero attached hydrogens (tertiary/aromatic N) is 3. The Hall–Kier alpha value is -2.80. The number of carbonyl (C=O) groups is 1.